The highest BCUT2D eigenvalue weighted by Gasteiger charge is 2.14. The highest BCUT2D eigenvalue weighted by molar-refractivity contribution is 6.01. The van der Waals surface area contributed by atoms with E-state index < -0.39 is 17.9 Å². The lowest BCUT2D eigenvalue weighted by atomic mass is 10.1. The number of rotatable bonds is 9. The molecule has 0 fully saturated rings. The predicted molar refractivity (Wildman–Crippen MR) is 153 cm³/mol. The van der Waals surface area contributed by atoms with Crippen LogP contribution in [0.15, 0.2) is 88.3 Å². The van der Waals surface area contributed by atoms with Crippen molar-refractivity contribution in [3.63, 3.8) is 0 Å². The summed E-state index contributed by atoms with van der Waals surface area (Å²) in [4.78, 5) is 49.6. The van der Waals surface area contributed by atoms with Crippen LogP contribution in [0.2, 0.25) is 0 Å². The Morgan fingerprint density at radius 1 is 0.450 bits per heavy atom. The van der Waals surface area contributed by atoms with Gasteiger partial charge in [-0.05, 0) is 73.9 Å². The van der Waals surface area contributed by atoms with Crippen molar-refractivity contribution >= 4 is 52.1 Å². The van der Waals surface area contributed by atoms with Gasteiger partial charge < -0.3 is 19.4 Å². The van der Waals surface area contributed by atoms with E-state index in [1.54, 1.807) is 20.8 Å². The number of carbonyl (C=O) groups excluding carboxylic acids is 3. The molecule has 3 rings (SSSR count). The first kappa shape index (κ1) is 29.4. The predicted octanol–water partition coefficient (Wildman–Crippen LogP) is 6.02. The maximum absolute atomic E-state index is 11.1. The molecule has 40 heavy (non-hydrogen) atoms. The fourth-order valence-corrected chi connectivity index (χ4v) is 3.56. The maximum atomic E-state index is 11.1. The number of hydrogen-bond donors (Lipinski definition) is 0. The largest absolute Gasteiger partial charge is 0.331 e. The van der Waals surface area contributed by atoms with Gasteiger partial charge in [-0.2, -0.15) is 0 Å². The molecule has 0 aliphatic rings. The average Bonchev–Trinajstić information content (AvgIpc) is 2.94. The Bertz CT molecular complexity index is 1280. The third kappa shape index (κ3) is 8.19. The second kappa shape index (κ2) is 13.6. The number of oxime groups is 3. The van der Waals surface area contributed by atoms with Crippen LogP contribution in [0.1, 0.15) is 58.2 Å². The van der Waals surface area contributed by atoms with E-state index in [2.05, 4.69) is 15.5 Å². The smallest absolute Gasteiger partial charge is 0.318 e. The molecular weight excluding hydrogens is 512 g/mol. The van der Waals surface area contributed by atoms with Crippen LogP contribution in [0.4, 0.5) is 17.1 Å². The summed E-state index contributed by atoms with van der Waals surface area (Å²) >= 11 is 0. The standard InChI is InChI=1S/C30H30N4O6/c1-19(31-38-22(4)35)25-7-13-28(14-8-25)34(29-15-9-26(10-16-29)20(2)32-39-23(5)36)30-17-11-27(12-18-30)21(3)33-40-24(6)37/h7-18H,1-6H3/b31-19-,32-20-,33-21+. The summed E-state index contributed by atoms with van der Waals surface area (Å²) in [5, 5.41) is 11.6. The third-order valence-corrected chi connectivity index (χ3v) is 5.56. The Morgan fingerprint density at radius 2 is 0.675 bits per heavy atom. The van der Waals surface area contributed by atoms with Crippen molar-refractivity contribution in [1.82, 2.24) is 0 Å². The Morgan fingerprint density at radius 3 is 0.875 bits per heavy atom. The van der Waals surface area contributed by atoms with Crippen LogP contribution in [0.5, 0.6) is 0 Å². The normalized spacial score (nSPS) is 12.0. The van der Waals surface area contributed by atoms with Gasteiger partial charge in [0.25, 0.3) is 0 Å². The second-order valence-corrected chi connectivity index (χ2v) is 8.75. The Kier molecular flexibility index (Phi) is 10.0. The Labute approximate surface area is 232 Å². The van der Waals surface area contributed by atoms with E-state index in [-0.39, 0.29) is 0 Å². The van der Waals surface area contributed by atoms with Gasteiger partial charge in [0.1, 0.15) is 0 Å². The van der Waals surface area contributed by atoms with Crippen LogP contribution in [0.25, 0.3) is 0 Å². The van der Waals surface area contributed by atoms with Crippen molar-refractivity contribution in [2.75, 3.05) is 4.90 Å². The molecule has 0 atom stereocenters. The summed E-state index contributed by atoms with van der Waals surface area (Å²) in [6.45, 7) is 9.15. The van der Waals surface area contributed by atoms with Gasteiger partial charge in [0.2, 0.25) is 0 Å². The summed E-state index contributed by atoms with van der Waals surface area (Å²) in [5.74, 6) is -1.47. The molecule has 0 spiro atoms. The summed E-state index contributed by atoms with van der Waals surface area (Å²) in [5.41, 5.74) is 6.66. The molecule has 3 aromatic rings. The summed E-state index contributed by atoms with van der Waals surface area (Å²) in [6, 6.07) is 22.9. The fourth-order valence-electron chi connectivity index (χ4n) is 3.56. The molecule has 0 N–H and O–H groups in total. The molecule has 10 nitrogen and oxygen atoms in total. The van der Waals surface area contributed by atoms with Crippen molar-refractivity contribution in [3.8, 4) is 0 Å². The zero-order valence-corrected chi connectivity index (χ0v) is 23.2. The molecule has 0 aliphatic carbocycles. The monoisotopic (exact) mass is 542 g/mol. The lowest BCUT2D eigenvalue weighted by molar-refractivity contribution is -0.141. The lowest BCUT2D eigenvalue weighted by Gasteiger charge is -2.26. The molecule has 0 unspecified atom stereocenters. The van der Waals surface area contributed by atoms with Crippen molar-refractivity contribution in [3.05, 3.63) is 89.5 Å². The van der Waals surface area contributed by atoms with Crippen LogP contribution < -0.4 is 4.90 Å². The van der Waals surface area contributed by atoms with Gasteiger partial charge in [0.15, 0.2) is 0 Å². The first-order chi connectivity index (χ1) is 19.0. The van der Waals surface area contributed by atoms with E-state index in [9.17, 15) is 14.4 Å². The van der Waals surface area contributed by atoms with Gasteiger partial charge in [-0.3, -0.25) is 0 Å². The first-order valence-corrected chi connectivity index (χ1v) is 12.3. The van der Waals surface area contributed by atoms with Crippen molar-refractivity contribution in [2.24, 2.45) is 15.5 Å². The van der Waals surface area contributed by atoms with Gasteiger partial charge in [-0.15, -0.1) is 0 Å². The molecule has 0 heterocycles. The van der Waals surface area contributed by atoms with Crippen LogP contribution in [0, 0.1) is 0 Å². The summed E-state index contributed by atoms with van der Waals surface area (Å²) in [7, 11) is 0. The average molecular weight is 543 g/mol. The van der Waals surface area contributed by atoms with Crippen molar-refractivity contribution < 1.29 is 28.9 Å². The number of carbonyl (C=O) groups is 3. The molecule has 206 valence electrons. The molecule has 0 saturated heterocycles. The molecule has 10 heteroatoms. The van der Waals surface area contributed by atoms with Gasteiger partial charge in [-0.25, -0.2) is 14.4 Å². The van der Waals surface area contributed by atoms with Gasteiger partial charge in [-0.1, -0.05) is 51.9 Å². The highest BCUT2D eigenvalue weighted by Crippen LogP contribution is 2.35. The maximum Gasteiger partial charge on any atom is 0.331 e. The SMILES string of the molecule is CC(=O)O/N=C(/C)c1ccc(N(c2ccc(/C(C)=N\OC(C)=O)cc2)c2ccc(/C(C)=N/OC(C)=O)cc2)cc1. The van der Waals surface area contributed by atoms with Gasteiger partial charge >= 0.3 is 17.9 Å². The van der Waals surface area contributed by atoms with E-state index in [1.165, 1.54) is 20.8 Å². The Balaban J connectivity index is 2.00. The Hall–Kier alpha value is -5.12. The first-order valence-electron chi connectivity index (χ1n) is 12.3. The van der Waals surface area contributed by atoms with E-state index in [1.807, 2.05) is 77.7 Å². The highest BCUT2D eigenvalue weighted by atomic mass is 16.7. The molecule has 0 aliphatic heterocycles. The van der Waals surface area contributed by atoms with Gasteiger partial charge in [0.05, 0.1) is 17.1 Å². The van der Waals surface area contributed by atoms with Gasteiger partial charge in [0, 0.05) is 37.8 Å². The van der Waals surface area contributed by atoms with E-state index >= 15 is 0 Å². The number of anilines is 3. The topological polar surface area (TPSA) is 119 Å². The van der Waals surface area contributed by atoms with Crippen LogP contribution in [-0.2, 0) is 28.9 Å². The molecule has 3 aromatic carbocycles. The van der Waals surface area contributed by atoms with Crippen molar-refractivity contribution in [1.29, 1.82) is 0 Å². The molecular formula is C30H30N4O6. The molecule has 0 saturated carbocycles. The number of benzene rings is 3. The van der Waals surface area contributed by atoms with Crippen LogP contribution >= 0.6 is 0 Å². The fraction of sp³-hybridized carbons (Fsp3) is 0.200. The van der Waals surface area contributed by atoms with Crippen LogP contribution in [0.3, 0.4) is 0 Å². The minimum atomic E-state index is -0.490. The third-order valence-electron chi connectivity index (χ3n) is 5.56. The van der Waals surface area contributed by atoms with Crippen LogP contribution in [-0.4, -0.2) is 35.0 Å². The molecule has 0 bridgehead atoms. The quantitative estimate of drug-likeness (QED) is 0.184. The zero-order chi connectivity index (χ0) is 29.2. The minimum Gasteiger partial charge on any atom is -0.318 e. The van der Waals surface area contributed by atoms with Crippen molar-refractivity contribution in [2.45, 2.75) is 41.5 Å². The van der Waals surface area contributed by atoms with E-state index in [0.29, 0.717) is 17.1 Å². The number of nitrogens with zero attached hydrogens (tertiary/aromatic N) is 4. The lowest BCUT2D eigenvalue weighted by Crippen LogP contribution is -2.11. The van der Waals surface area contributed by atoms with E-state index in [0.717, 1.165) is 33.8 Å². The molecule has 0 aromatic heterocycles. The second-order valence-electron chi connectivity index (χ2n) is 8.75. The molecule has 0 radical (unpaired) electrons. The zero-order valence-electron chi connectivity index (χ0n) is 23.2. The summed E-state index contributed by atoms with van der Waals surface area (Å²) in [6.07, 6.45) is 0. The number of hydrogen-bond acceptors (Lipinski definition) is 10. The summed E-state index contributed by atoms with van der Waals surface area (Å²) < 4.78 is 0. The minimum absolute atomic E-state index is 0.490. The van der Waals surface area contributed by atoms with E-state index in [4.69, 9.17) is 14.5 Å². The molecule has 0 amide bonds.